The summed E-state index contributed by atoms with van der Waals surface area (Å²) in [5, 5.41) is 13.7. The van der Waals surface area contributed by atoms with Crippen LogP contribution in [0.25, 0.3) is 33.5 Å². The van der Waals surface area contributed by atoms with Crippen molar-refractivity contribution < 1.29 is 13.9 Å². The van der Waals surface area contributed by atoms with E-state index in [0.29, 0.717) is 53.7 Å². The molecule has 8 heteroatoms. The summed E-state index contributed by atoms with van der Waals surface area (Å²) in [6, 6.07) is 29.5. The van der Waals surface area contributed by atoms with Crippen molar-refractivity contribution in [1.29, 1.82) is 5.26 Å². The Morgan fingerprint density at radius 2 is 1.66 bits per heavy atom. The molecule has 3 aromatic carbocycles. The quantitative estimate of drug-likeness (QED) is 0.220. The Morgan fingerprint density at radius 3 is 2.34 bits per heavy atom. The van der Waals surface area contributed by atoms with Gasteiger partial charge in [-0.3, -0.25) is 4.79 Å². The molecule has 1 aliphatic heterocycles. The number of esters is 1. The monoisotopic (exact) mass is 543 g/mol. The Hall–Kier alpha value is -5.16. The molecule has 1 aliphatic rings. The lowest BCUT2D eigenvalue weighted by Gasteiger charge is -2.33. The molecule has 5 aromatic rings. The van der Waals surface area contributed by atoms with Crippen LogP contribution in [0, 0.1) is 17.2 Å². The highest BCUT2D eigenvalue weighted by atomic mass is 16.5. The summed E-state index contributed by atoms with van der Waals surface area (Å²) in [4.78, 5) is 24.5. The van der Waals surface area contributed by atoms with Crippen LogP contribution < -0.4 is 10.2 Å². The van der Waals surface area contributed by atoms with Crippen LogP contribution in [0.4, 0.5) is 17.5 Å². The minimum Gasteiger partial charge on any atom is -0.466 e. The van der Waals surface area contributed by atoms with Gasteiger partial charge < -0.3 is 19.4 Å². The van der Waals surface area contributed by atoms with Crippen LogP contribution in [-0.4, -0.2) is 35.6 Å². The van der Waals surface area contributed by atoms with Gasteiger partial charge in [-0.05, 0) is 37.5 Å². The van der Waals surface area contributed by atoms with E-state index in [4.69, 9.17) is 19.1 Å². The van der Waals surface area contributed by atoms with E-state index in [0.717, 1.165) is 29.5 Å². The number of ether oxygens (including phenoxy) is 1. The van der Waals surface area contributed by atoms with Crippen molar-refractivity contribution in [1.82, 2.24) is 9.97 Å². The van der Waals surface area contributed by atoms with Crippen molar-refractivity contribution in [3.05, 3.63) is 90.5 Å². The average Bonchev–Trinajstić information content (AvgIpc) is 3.40. The number of hydrogen-bond acceptors (Lipinski definition) is 8. The minimum atomic E-state index is -0.252. The van der Waals surface area contributed by atoms with Gasteiger partial charge in [-0.1, -0.05) is 72.8 Å². The summed E-state index contributed by atoms with van der Waals surface area (Å²) in [6.07, 6.45) is 1.58. The van der Waals surface area contributed by atoms with Gasteiger partial charge in [-0.2, -0.15) is 5.26 Å². The van der Waals surface area contributed by atoms with Gasteiger partial charge in [-0.15, -0.1) is 0 Å². The maximum absolute atomic E-state index is 12.6. The molecular formula is C33H29N5O3. The molecule has 6 rings (SSSR count). The number of benzene rings is 3. The molecule has 3 heterocycles. The Bertz CT molecular complexity index is 1730. The summed E-state index contributed by atoms with van der Waals surface area (Å²) in [6.45, 7) is 3.35. The predicted octanol–water partition coefficient (Wildman–Crippen LogP) is 6.95. The van der Waals surface area contributed by atoms with Crippen molar-refractivity contribution >= 4 is 34.5 Å². The van der Waals surface area contributed by atoms with E-state index in [2.05, 4.69) is 16.3 Å². The number of aromatic nitrogens is 2. The molecule has 1 N–H and O–H groups in total. The first-order valence-corrected chi connectivity index (χ1v) is 13.8. The second-order valence-electron chi connectivity index (χ2n) is 9.90. The minimum absolute atomic E-state index is 0.196. The fraction of sp³-hybridized carbons (Fsp3) is 0.212. The van der Waals surface area contributed by atoms with E-state index < -0.39 is 0 Å². The van der Waals surface area contributed by atoms with Crippen molar-refractivity contribution in [3.63, 3.8) is 0 Å². The molecule has 8 nitrogen and oxygen atoms in total. The van der Waals surface area contributed by atoms with Gasteiger partial charge in [0.05, 0.1) is 23.6 Å². The molecule has 0 aliphatic carbocycles. The largest absolute Gasteiger partial charge is 0.466 e. The van der Waals surface area contributed by atoms with Crippen molar-refractivity contribution in [2.45, 2.75) is 19.8 Å². The van der Waals surface area contributed by atoms with Gasteiger partial charge in [0.25, 0.3) is 0 Å². The molecule has 2 aromatic heterocycles. The second kappa shape index (κ2) is 11.5. The first kappa shape index (κ1) is 26.1. The normalized spacial score (nSPS) is 14.9. The number of hydrogen-bond donors (Lipinski definition) is 1. The fourth-order valence-corrected chi connectivity index (χ4v) is 5.32. The van der Waals surface area contributed by atoms with Crippen LogP contribution >= 0.6 is 0 Å². The number of furan rings is 1. The highest BCUT2D eigenvalue weighted by Crippen LogP contribution is 2.43. The molecule has 41 heavy (non-hydrogen) atoms. The SMILES string of the molecule is CCOC(=O)[C@@H]1CCCN(c2nc3ccccc3nc2Nc2oc(-c3ccccc3)c(-c3ccccc3)c2C#N)C1. The highest BCUT2D eigenvalue weighted by molar-refractivity contribution is 5.90. The number of nitriles is 1. The topological polar surface area (TPSA) is 104 Å². The lowest BCUT2D eigenvalue weighted by atomic mass is 9.98. The number of piperidine rings is 1. The van der Waals surface area contributed by atoms with E-state index in [9.17, 15) is 10.1 Å². The van der Waals surface area contributed by atoms with E-state index in [1.165, 1.54) is 0 Å². The van der Waals surface area contributed by atoms with Crippen molar-refractivity contribution in [2.75, 3.05) is 29.9 Å². The molecule has 0 spiro atoms. The van der Waals surface area contributed by atoms with Crippen LogP contribution in [0.3, 0.4) is 0 Å². The Kier molecular flexibility index (Phi) is 7.33. The second-order valence-corrected chi connectivity index (χ2v) is 9.90. The molecule has 0 saturated carbocycles. The first-order chi connectivity index (χ1) is 20.2. The van der Waals surface area contributed by atoms with Gasteiger partial charge in [-0.25, -0.2) is 9.97 Å². The maximum atomic E-state index is 12.6. The molecular weight excluding hydrogens is 514 g/mol. The predicted molar refractivity (Wildman–Crippen MR) is 159 cm³/mol. The van der Waals surface area contributed by atoms with Gasteiger partial charge in [0.1, 0.15) is 17.4 Å². The third-order valence-electron chi connectivity index (χ3n) is 7.24. The molecule has 0 bridgehead atoms. The Labute approximate surface area is 238 Å². The first-order valence-electron chi connectivity index (χ1n) is 13.8. The highest BCUT2D eigenvalue weighted by Gasteiger charge is 2.30. The number of fused-ring (bicyclic) bond motifs is 1. The third-order valence-corrected chi connectivity index (χ3v) is 7.24. The number of para-hydroxylation sites is 2. The molecule has 0 unspecified atom stereocenters. The summed E-state index contributed by atoms with van der Waals surface area (Å²) in [5.74, 6) is 1.48. The molecule has 204 valence electrons. The van der Waals surface area contributed by atoms with Crippen LogP contribution in [0.5, 0.6) is 0 Å². The number of anilines is 3. The molecule has 0 amide bonds. The van der Waals surface area contributed by atoms with Gasteiger partial charge in [0.15, 0.2) is 11.6 Å². The van der Waals surface area contributed by atoms with E-state index >= 15 is 0 Å². The lowest BCUT2D eigenvalue weighted by molar-refractivity contribution is -0.148. The molecule has 1 atom stereocenters. The number of carbonyl (C=O) groups excluding carboxylic acids is 1. The lowest BCUT2D eigenvalue weighted by Crippen LogP contribution is -2.40. The van der Waals surface area contributed by atoms with Crippen LogP contribution in [0.15, 0.2) is 89.3 Å². The van der Waals surface area contributed by atoms with Crippen molar-refractivity contribution in [3.8, 4) is 28.5 Å². The maximum Gasteiger partial charge on any atom is 0.310 e. The van der Waals surface area contributed by atoms with E-state index in [1.807, 2.05) is 91.9 Å². The molecule has 1 fully saturated rings. The zero-order chi connectivity index (χ0) is 28.2. The zero-order valence-electron chi connectivity index (χ0n) is 22.7. The number of carbonyl (C=O) groups is 1. The third kappa shape index (κ3) is 5.22. The van der Waals surface area contributed by atoms with E-state index in [-0.39, 0.29) is 17.8 Å². The summed E-state index contributed by atoms with van der Waals surface area (Å²) in [5.41, 5.74) is 4.25. The fourth-order valence-electron chi connectivity index (χ4n) is 5.32. The summed E-state index contributed by atoms with van der Waals surface area (Å²) < 4.78 is 11.8. The number of nitrogens with zero attached hydrogens (tertiary/aromatic N) is 4. The van der Waals surface area contributed by atoms with Crippen LogP contribution in [-0.2, 0) is 9.53 Å². The van der Waals surface area contributed by atoms with Crippen molar-refractivity contribution in [2.24, 2.45) is 5.92 Å². The summed E-state index contributed by atoms with van der Waals surface area (Å²) in [7, 11) is 0. The Balaban J connectivity index is 1.47. The van der Waals surface area contributed by atoms with Gasteiger partial charge >= 0.3 is 5.97 Å². The smallest absolute Gasteiger partial charge is 0.310 e. The van der Waals surface area contributed by atoms with Gasteiger partial charge in [0, 0.05) is 24.2 Å². The zero-order valence-corrected chi connectivity index (χ0v) is 22.7. The van der Waals surface area contributed by atoms with E-state index in [1.54, 1.807) is 0 Å². The Morgan fingerprint density at radius 1 is 1.00 bits per heavy atom. The summed E-state index contributed by atoms with van der Waals surface area (Å²) >= 11 is 0. The van der Waals surface area contributed by atoms with Gasteiger partial charge in [0.2, 0.25) is 5.88 Å². The standard InChI is InChI=1S/C33H29N5O3/c1-2-40-33(39)24-16-11-19-38(21-24)31-30(35-26-17-9-10-18-27(26)36-31)37-32-25(20-34)28(22-12-5-3-6-13-22)29(41-32)23-14-7-4-8-15-23/h3-10,12-15,17-18,24H,2,11,16,19,21H2,1H3,(H,35,37)/t24-/m1/s1. The molecule has 1 saturated heterocycles. The average molecular weight is 544 g/mol. The number of nitrogens with one attached hydrogen (secondary N) is 1. The molecule has 0 radical (unpaired) electrons. The van der Waals surface area contributed by atoms with Crippen LogP contribution in [0.1, 0.15) is 25.3 Å². The number of rotatable bonds is 7. The van der Waals surface area contributed by atoms with Crippen LogP contribution in [0.2, 0.25) is 0 Å².